The van der Waals surface area contributed by atoms with E-state index in [4.69, 9.17) is 4.74 Å². The Hall–Kier alpha value is -2.19. The number of carbonyl (C=O) groups is 2. The van der Waals surface area contributed by atoms with Gasteiger partial charge in [0.25, 0.3) is 0 Å². The van der Waals surface area contributed by atoms with Gasteiger partial charge in [0.15, 0.2) is 0 Å². The van der Waals surface area contributed by atoms with Crippen LogP contribution in [-0.4, -0.2) is 94.3 Å². The first-order valence-corrected chi connectivity index (χ1v) is 11.2. The normalized spacial score (nSPS) is 32.8. The third-order valence-electron chi connectivity index (χ3n) is 7.20. The van der Waals surface area contributed by atoms with Crippen LogP contribution in [0.4, 0.5) is 0 Å². The third-order valence-corrected chi connectivity index (χ3v) is 7.20. The lowest BCUT2D eigenvalue weighted by atomic mass is 9.76. The first-order chi connectivity index (χ1) is 14.6. The first kappa shape index (κ1) is 19.8. The van der Waals surface area contributed by atoms with Crippen LogP contribution in [0.15, 0.2) is 30.6 Å². The number of nitrogens with zero attached hydrogens (tertiary/aromatic N) is 5. The average molecular weight is 414 g/mol. The molecule has 3 fully saturated rings. The molecule has 2 unspecified atom stereocenters. The summed E-state index contributed by atoms with van der Waals surface area (Å²) in [6.07, 6.45) is 11.2. The van der Waals surface area contributed by atoms with E-state index in [1.54, 1.807) is 11.1 Å². The average Bonchev–Trinajstić information content (AvgIpc) is 3.53. The van der Waals surface area contributed by atoms with E-state index in [1.165, 1.54) is 19.3 Å². The number of piperidine rings is 1. The first-order valence-electron chi connectivity index (χ1n) is 11.2. The van der Waals surface area contributed by atoms with Crippen molar-refractivity contribution in [2.45, 2.75) is 37.5 Å². The Morgan fingerprint density at radius 1 is 1.27 bits per heavy atom. The van der Waals surface area contributed by atoms with Crippen molar-refractivity contribution >= 4 is 11.8 Å². The van der Waals surface area contributed by atoms with E-state index in [-0.39, 0.29) is 17.9 Å². The molecular formula is C22H31N5O3. The summed E-state index contributed by atoms with van der Waals surface area (Å²) in [6.45, 7) is 5.63. The number of aromatic nitrogens is 2. The predicted octanol–water partition coefficient (Wildman–Crippen LogP) is 0.609. The third kappa shape index (κ3) is 3.36. The number of rotatable bonds is 7. The van der Waals surface area contributed by atoms with Crippen molar-refractivity contribution in [2.75, 3.05) is 46.3 Å². The molecule has 2 amide bonds. The molecule has 5 rings (SSSR count). The number of likely N-dealkylation sites (tertiary alicyclic amines) is 2. The molecule has 4 aliphatic heterocycles. The van der Waals surface area contributed by atoms with Crippen LogP contribution >= 0.6 is 0 Å². The number of ether oxygens (including phenoxy) is 1. The fourth-order valence-corrected chi connectivity index (χ4v) is 5.54. The van der Waals surface area contributed by atoms with Gasteiger partial charge >= 0.3 is 0 Å². The number of hydrogen-bond acceptors (Lipinski definition) is 5. The van der Waals surface area contributed by atoms with Gasteiger partial charge in [-0.2, -0.15) is 5.10 Å². The maximum Gasteiger partial charge on any atom is 0.230 e. The highest BCUT2D eigenvalue weighted by Crippen LogP contribution is 2.52. The lowest BCUT2D eigenvalue weighted by Crippen LogP contribution is -2.45. The summed E-state index contributed by atoms with van der Waals surface area (Å²) < 4.78 is 8.07. The molecule has 4 atom stereocenters. The van der Waals surface area contributed by atoms with Crippen molar-refractivity contribution in [1.29, 1.82) is 0 Å². The van der Waals surface area contributed by atoms with Gasteiger partial charge in [-0.3, -0.25) is 14.3 Å². The van der Waals surface area contributed by atoms with E-state index in [0.29, 0.717) is 19.6 Å². The summed E-state index contributed by atoms with van der Waals surface area (Å²) in [5.74, 6) is -0.745. The van der Waals surface area contributed by atoms with E-state index in [2.05, 4.69) is 10.00 Å². The van der Waals surface area contributed by atoms with Crippen molar-refractivity contribution < 1.29 is 14.3 Å². The standard InChI is InChI=1S/C22H31N5O3/c1-24(12-15-27-11-5-8-23-27)20(28)18-17-6-7-22(30-17)16-26(21(29)19(18)22)14-13-25-9-3-2-4-10-25/h5-8,11,17-19H,2-4,9-10,12-16H2,1H3/t17-,18?,19?,22-/m1/s1. The zero-order chi connectivity index (χ0) is 20.7. The van der Waals surface area contributed by atoms with Gasteiger partial charge in [-0.25, -0.2) is 0 Å². The Bertz CT molecular complexity index is 819. The molecule has 5 heterocycles. The zero-order valence-electron chi connectivity index (χ0n) is 17.7. The molecule has 8 nitrogen and oxygen atoms in total. The van der Waals surface area contributed by atoms with Crippen LogP contribution in [0.3, 0.4) is 0 Å². The number of hydrogen-bond donors (Lipinski definition) is 0. The van der Waals surface area contributed by atoms with Crippen LogP contribution in [-0.2, 0) is 20.9 Å². The highest BCUT2D eigenvalue weighted by molar-refractivity contribution is 5.93. The molecule has 0 aliphatic carbocycles. The van der Waals surface area contributed by atoms with E-state index in [0.717, 1.165) is 26.2 Å². The molecule has 162 valence electrons. The maximum absolute atomic E-state index is 13.3. The minimum absolute atomic E-state index is 0.00499. The maximum atomic E-state index is 13.3. The van der Waals surface area contributed by atoms with Gasteiger partial charge in [0.1, 0.15) is 5.60 Å². The fourth-order valence-electron chi connectivity index (χ4n) is 5.54. The molecule has 0 N–H and O–H groups in total. The molecule has 2 bridgehead atoms. The van der Waals surface area contributed by atoms with Crippen LogP contribution in [0.5, 0.6) is 0 Å². The summed E-state index contributed by atoms with van der Waals surface area (Å²) in [7, 11) is 1.81. The molecule has 1 aromatic heterocycles. The van der Waals surface area contributed by atoms with E-state index in [9.17, 15) is 9.59 Å². The second-order valence-corrected chi connectivity index (χ2v) is 9.09. The van der Waals surface area contributed by atoms with E-state index < -0.39 is 17.4 Å². The van der Waals surface area contributed by atoms with Crippen LogP contribution in [0, 0.1) is 11.8 Å². The predicted molar refractivity (Wildman–Crippen MR) is 110 cm³/mol. The quantitative estimate of drug-likeness (QED) is 0.613. The summed E-state index contributed by atoms with van der Waals surface area (Å²) in [6, 6.07) is 1.87. The molecule has 4 aliphatic rings. The second-order valence-electron chi connectivity index (χ2n) is 9.09. The van der Waals surface area contributed by atoms with Crippen molar-refractivity contribution in [2.24, 2.45) is 11.8 Å². The molecule has 1 spiro atoms. The molecule has 0 aromatic carbocycles. The second kappa shape index (κ2) is 7.81. The zero-order valence-corrected chi connectivity index (χ0v) is 17.7. The highest BCUT2D eigenvalue weighted by Gasteiger charge is 2.66. The van der Waals surface area contributed by atoms with Gasteiger partial charge in [0.05, 0.1) is 31.0 Å². The van der Waals surface area contributed by atoms with Crippen molar-refractivity contribution in [1.82, 2.24) is 24.5 Å². The van der Waals surface area contributed by atoms with Gasteiger partial charge in [-0.05, 0) is 32.0 Å². The van der Waals surface area contributed by atoms with Gasteiger partial charge < -0.3 is 19.4 Å². The largest absolute Gasteiger partial charge is 0.360 e. The SMILES string of the molecule is CN(CCn1cccn1)C(=O)C1C2C(=O)N(CCN3CCCCC3)C[C@]23C=C[C@H]1O3. The van der Waals surface area contributed by atoms with E-state index >= 15 is 0 Å². The van der Waals surface area contributed by atoms with Gasteiger partial charge in [0, 0.05) is 39.1 Å². The summed E-state index contributed by atoms with van der Waals surface area (Å²) in [5, 5.41) is 4.19. The monoisotopic (exact) mass is 413 g/mol. The molecule has 0 radical (unpaired) electrons. The Labute approximate surface area is 177 Å². The Morgan fingerprint density at radius 3 is 2.87 bits per heavy atom. The van der Waals surface area contributed by atoms with Gasteiger partial charge in [-0.15, -0.1) is 0 Å². The topological polar surface area (TPSA) is 70.9 Å². The lowest BCUT2D eigenvalue weighted by molar-refractivity contribution is -0.142. The molecular weight excluding hydrogens is 382 g/mol. The highest BCUT2D eigenvalue weighted by atomic mass is 16.5. The molecule has 3 saturated heterocycles. The van der Waals surface area contributed by atoms with Crippen molar-refractivity contribution in [3.8, 4) is 0 Å². The molecule has 30 heavy (non-hydrogen) atoms. The van der Waals surface area contributed by atoms with Gasteiger partial charge in [0.2, 0.25) is 11.8 Å². The van der Waals surface area contributed by atoms with Gasteiger partial charge in [-0.1, -0.05) is 18.6 Å². The fraction of sp³-hybridized carbons (Fsp3) is 0.682. The Balaban J connectivity index is 1.24. The number of likely N-dealkylation sites (N-methyl/N-ethyl adjacent to an activating group) is 1. The van der Waals surface area contributed by atoms with E-state index in [1.807, 2.05) is 41.0 Å². The number of fused-ring (bicyclic) bond motifs is 1. The molecule has 0 saturated carbocycles. The minimum Gasteiger partial charge on any atom is -0.360 e. The molecule has 8 heteroatoms. The van der Waals surface area contributed by atoms with Crippen LogP contribution in [0.1, 0.15) is 19.3 Å². The van der Waals surface area contributed by atoms with Crippen molar-refractivity contribution in [3.63, 3.8) is 0 Å². The summed E-state index contributed by atoms with van der Waals surface area (Å²) in [5.41, 5.74) is -0.618. The summed E-state index contributed by atoms with van der Waals surface area (Å²) >= 11 is 0. The number of carbonyl (C=O) groups excluding carboxylic acids is 2. The van der Waals surface area contributed by atoms with Crippen LogP contribution < -0.4 is 0 Å². The van der Waals surface area contributed by atoms with Crippen molar-refractivity contribution in [3.05, 3.63) is 30.6 Å². The lowest BCUT2D eigenvalue weighted by Gasteiger charge is -2.29. The number of amides is 2. The minimum atomic E-state index is -0.618. The van der Waals surface area contributed by atoms with Crippen LogP contribution in [0.25, 0.3) is 0 Å². The smallest absolute Gasteiger partial charge is 0.230 e. The molecule has 1 aromatic rings. The summed E-state index contributed by atoms with van der Waals surface area (Å²) in [4.78, 5) is 32.7. The van der Waals surface area contributed by atoms with Crippen LogP contribution in [0.2, 0.25) is 0 Å². The Kier molecular flexibility index (Phi) is 5.14. The Morgan fingerprint density at radius 2 is 2.10 bits per heavy atom.